The number of pyridine rings is 1. The maximum atomic E-state index is 5.82. The van der Waals surface area contributed by atoms with Crippen LogP contribution >= 0.6 is 0 Å². The molecule has 0 atom stereocenters. The van der Waals surface area contributed by atoms with Gasteiger partial charge >= 0.3 is 0 Å². The van der Waals surface area contributed by atoms with Gasteiger partial charge in [0.15, 0.2) is 5.82 Å². The molecule has 3 aromatic rings. The number of nitrogens with zero attached hydrogens (tertiary/aromatic N) is 4. The van der Waals surface area contributed by atoms with Crippen molar-refractivity contribution in [2.24, 2.45) is 0 Å². The summed E-state index contributed by atoms with van der Waals surface area (Å²) in [6.07, 6.45) is 2.74. The number of aromatic nitrogens is 3. The fourth-order valence-electron chi connectivity index (χ4n) is 3.34. The summed E-state index contributed by atoms with van der Waals surface area (Å²) in [6, 6.07) is 16.5. The molecule has 0 amide bonds. The van der Waals surface area contributed by atoms with Crippen LogP contribution in [0.25, 0.3) is 5.82 Å². The van der Waals surface area contributed by atoms with E-state index in [1.165, 1.54) is 16.8 Å². The lowest BCUT2D eigenvalue weighted by Crippen LogP contribution is -2.30. The van der Waals surface area contributed by atoms with E-state index in [1.54, 1.807) is 6.20 Å². The summed E-state index contributed by atoms with van der Waals surface area (Å²) < 4.78 is 7.76. The van der Waals surface area contributed by atoms with Crippen LogP contribution in [0.4, 0.5) is 0 Å². The zero-order valence-electron chi connectivity index (χ0n) is 14.4. The molecule has 2 aromatic heterocycles. The van der Waals surface area contributed by atoms with Crippen molar-refractivity contribution in [2.45, 2.75) is 26.4 Å². The summed E-state index contributed by atoms with van der Waals surface area (Å²) in [5, 5.41) is 4.70. The van der Waals surface area contributed by atoms with E-state index in [0.717, 1.165) is 37.8 Å². The largest absolute Gasteiger partial charge is 0.477 e. The van der Waals surface area contributed by atoms with Crippen molar-refractivity contribution in [3.05, 3.63) is 71.5 Å². The third kappa shape index (κ3) is 3.28. The van der Waals surface area contributed by atoms with Crippen LogP contribution in [0, 0.1) is 0 Å². The molecule has 0 unspecified atom stereocenters. The number of fused-ring (bicyclic) bond motifs is 1. The third-order valence-corrected chi connectivity index (χ3v) is 4.50. The molecule has 4 rings (SSSR count). The second-order valence-corrected chi connectivity index (χ2v) is 6.21. The molecule has 0 aliphatic carbocycles. The van der Waals surface area contributed by atoms with E-state index in [2.05, 4.69) is 40.2 Å². The van der Waals surface area contributed by atoms with Gasteiger partial charge < -0.3 is 4.74 Å². The summed E-state index contributed by atoms with van der Waals surface area (Å²) in [5.41, 5.74) is 3.74. The highest BCUT2D eigenvalue weighted by Gasteiger charge is 2.26. The first-order valence-electron chi connectivity index (χ1n) is 8.76. The number of rotatable bonds is 5. The SMILES string of the molecule is CCOc1nn(-c2ccccn2)c2c1CN(Cc1ccccc1)CC2. The summed E-state index contributed by atoms with van der Waals surface area (Å²) in [6.45, 7) is 5.42. The maximum absolute atomic E-state index is 5.82. The minimum atomic E-state index is 0.615. The van der Waals surface area contributed by atoms with Gasteiger partial charge in [0.25, 0.3) is 0 Å². The normalized spacial score (nSPS) is 14.3. The third-order valence-electron chi connectivity index (χ3n) is 4.50. The van der Waals surface area contributed by atoms with Gasteiger partial charge in [0, 0.05) is 32.3 Å². The van der Waals surface area contributed by atoms with Crippen LogP contribution < -0.4 is 4.74 Å². The zero-order chi connectivity index (χ0) is 17.1. The van der Waals surface area contributed by atoms with Gasteiger partial charge in [0.1, 0.15) is 0 Å². The van der Waals surface area contributed by atoms with Crippen LogP contribution in [-0.4, -0.2) is 32.8 Å². The van der Waals surface area contributed by atoms with E-state index >= 15 is 0 Å². The Bertz CT molecular complexity index is 830. The van der Waals surface area contributed by atoms with Crippen molar-refractivity contribution in [2.75, 3.05) is 13.2 Å². The molecule has 0 fully saturated rings. The molecule has 1 aliphatic rings. The van der Waals surface area contributed by atoms with E-state index in [0.29, 0.717) is 6.61 Å². The van der Waals surface area contributed by atoms with Gasteiger partial charge in [-0.05, 0) is 24.6 Å². The molecule has 0 saturated carbocycles. The average Bonchev–Trinajstić information content (AvgIpc) is 3.02. The van der Waals surface area contributed by atoms with Crippen molar-refractivity contribution in [3.63, 3.8) is 0 Å². The Morgan fingerprint density at radius 1 is 1.08 bits per heavy atom. The lowest BCUT2D eigenvalue weighted by Gasteiger charge is -2.27. The highest BCUT2D eigenvalue weighted by atomic mass is 16.5. The molecule has 0 radical (unpaired) electrons. The molecular weight excluding hydrogens is 312 g/mol. The quantitative estimate of drug-likeness (QED) is 0.718. The molecule has 1 aromatic carbocycles. The minimum Gasteiger partial charge on any atom is -0.477 e. The van der Waals surface area contributed by atoms with Gasteiger partial charge in [0.2, 0.25) is 5.88 Å². The summed E-state index contributed by atoms with van der Waals surface area (Å²) >= 11 is 0. The van der Waals surface area contributed by atoms with Crippen LogP contribution in [-0.2, 0) is 19.5 Å². The van der Waals surface area contributed by atoms with Crippen molar-refractivity contribution < 1.29 is 4.74 Å². The van der Waals surface area contributed by atoms with Gasteiger partial charge in [-0.3, -0.25) is 4.90 Å². The molecule has 1 aliphatic heterocycles. The number of hydrogen-bond acceptors (Lipinski definition) is 4. The van der Waals surface area contributed by atoms with Crippen molar-refractivity contribution in [1.29, 1.82) is 0 Å². The zero-order valence-corrected chi connectivity index (χ0v) is 14.4. The first kappa shape index (κ1) is 15.8. The molecule has 128 valence electrons. The fourth-order valence-corrected chi connectivity index (χ4v) is 3.34. The minimum absolute atomic E-state index is 0.615. The van der Waals surface area contributed by atoms with Crippen LogP contribution in [0.3, 0.4) is 0 Å². The van der Waals surface area contributed by atoms with Gasteiger partial charge in [-0.1, -0.05) is 36.4 Å². The molecule has 25 heavy (non-hydrogen) atoms. The van der Waals surface area contributed by atoms with E-state index in [9.17, 15) is 0 Å². The second-order valence-electron chi connectivity index (χ2n) is 6.21. The fraction of sp³-hybridized carbons (Fsp3) is 0.300. The molecule has 3 heterocycles. The van der Waals surface area contributed by atoms with Crippen LogP contribution in [0.5, 0.6) is 5.88 Å². The van der Waals surface area contributed by atoms with Gasteiger partial charge in [0.05, 0.1) is 17.9 Å². The summed E-state index contributed by atoms with van der Waals surface area (Å²) in [4.78, 5) is 6.90. The maximum Gasteiger partial charge on any atom is 0.238 e. The first-order valence-corrected chi connectivity index (χ1v) is 8.76. The topological polar surface area (TPSA) is 43.2 Å². The Morgan fingerprint density at radius 3 is 2.68 bits per heavy atom. The molecule has 5 heteroatoms. The van der Waals surface area contributed by atoms with Gasteiger partial charge in [-0.2, -0.15) is 0 Å². The summed E-state index contributed by atoms with van der Waals surface area (Å²) in [5.74, 6) is 1.59. The van der Waals surface area contributed by atoms with Crippen molar-refractivity contribution in [3.8, 4) is 11.7 Å². The van der Waals surface area contributed by atoms with E-state index in [1.807, 2.05) is 29.8 Å². The molecule has 5 nitrogen and oxygen atoms in total. The Hall–Kier alpha value is -2.66. The molecular formula is C20H22N4O. The molecule has 0 bridgehead atoms. The second kappa shape index (κ2) is 7.07. The number of ether oxygens (including phenoxy) is 1. The Morgan fingerprint density at radius 2 is 1.92 bits per heavy atom. The Balaban J connectivity index is 1.63. The highest BCUT2D eigenvalue weighted by molar-refractivity contribution is 5.38. The van der Waals surface area contributed by atoms with Crippen molar-refractivity contribution >= 4 is 0 Å². The number of hydrogen-bond donors (Lipinski definition) is 0. The lowest BCUT2D eigenvalue weighted by molar-refractivity contribution is 0.236. The van der Waals surface area contributed by atoms with Crippen molar-refractivity contribution in [1.82, 2.24) is 19.7 Å². The monoisotopic (exact) mass is 334 g/mol. The van der Waals surface area contributed by atoms with Crippen LogP contribution in [0.2, 0.25) is 0 Å². The van der Waals surface area contributed by atoms with Gasteiger partial charge in [-0.25, -0.2) is 9.67 Å². The molecule has 0 spiro atoms. The van der Waals surface area contributed by atoms with Gasteiger partial charge in [-0.15, -0.1) is 5.10 Å². The van der Waals surface area contributed by atoms with E-state index in [-0.39, 0.29) is 0 Å². The van der Waals surface area contributed by atoms with E-state index in [4.69, 9.17) is 9.84 Å². The standard InChI is InChI=1S/C20H22N4O/c1-2-25-20-17-15-23(14-16-8-4-3-5-9-16)13-11-18(17)24(22-20)19-10-6-7-12-21-19/h3-10,12H,2,11,13-15H2,1H3. The average molecular weight is 334 g/mol. The first-order chi connectivity index (χ1) is 12.3. The van der Waals surface area contributed by atoms with Crippen LogP contribution in [0.1, 0.15) is 23.7 Å². The lowest BCUT2D eigenvalue weighted by atomic mass is 10.1. The highest BCUT2D eigenvalue weighted by Crippen LogP contribution is 2.30. The predicted molar refractivity (Wildman–Crippen MR) is 96.8 cm³/mol. The molecule has 0 saturated heterocycles. The van der Waals surface area contributed by atoms with Crippen LogP contribution in [0.15, 0.2) is 54.7 Å². The number of benzene rings is 1. The Kier molecular flexibility index (Phi) is 4.48. The molecule has 0 N–H and O–H groups in total. The predicted octanol–water partition coefficient (Wildman–Crippen LogP) is 3.22. The Labute approximate surface area is 147 Å². The smallest absolute Gasteiger partial charge is 0.238 e. The van der Waals surface area contributed by atoms with E-state index < -0.39 is 0 Å². The summed E-state index contributed by atoms with van der Waals surface area (Å²) in [7, 11) is 0.